The standard InChI is InChI=1S/C26H29BrClN5O2/c1-32-25(23(27)16-30-32)22-14-19(31-26(34)29-15-17-2-4-18(28)5-3-17)6-11-24(22)35-13-12-33-20-7-8-21(33)10-9-20/h2-6,11,14,16,20-21H,7-10,12-13,15H2,1H3,(H2,29,31,34). The summed E-state index contributed by atoms with van der Waals surface area (Å²) in [5.41, 5.74) is 3.41. The predicted molar refractivity (Wildman–Crippen MR) is 142 cm³/mol. The van der Waals surface area contributed by atoms with Gasteiger partial charge in [-0.2, -0.15) is 5.10 Å². The zero-order valence-corrected chi connectivity index (χ0v) is 22.0. The van der Waals surface area contributed by atoms with Gasteiger partial charge in [0.2, 0.25) is 0 Å². The van der Waals surface area contributed by atoms with E-state index in [4.69, 9.17) is 16.3 Å². The molecule has 0 saturated carbocycles. The number of aromatic nitrogens is 2. The Hall–Kier alpha value is -2.55. The Labute approximate surface area is 218 Å². The summed E-state index contributed by atoms with van der Waals surface area (Å²) < 4.78 is 8.96. The summed E-state index contributed by atoms with van der Waals surface area (Å²) in [6.45, 7) is 1.97. The van der Waals surface area contributed by atoms with Crippen molar-refractivity contribution in [3.63, 3.8) is 0 Å². The van der Waals surface area contributed by atoms with Crippen molar-refractivity contribution >= 4 is 39.2 Å². The van der Waals surface area contributed by atoms with Gasteiger partial charge in [-0.05, 0) is 77.5 Å². The molecule has 0 atom stereocenters. The molecular formula is C26H29BrClN5O2. The molecule has 184 valence electrons. The van der Waals surface area contributed by atoms with Gasteiger partial charge in [0.1, 0.15) is 12.4 Å². The summed E-state index contributed by atoms with van der Waals surface area (Å²) in [6, 6.07) is 14.3. The number of fused-ring (bicyclic) bond motifs is 2. The SMILES string of the molecule is Cn1ncc(Br)c1-c1cc(NC(=O)NCc2ccc(Cl)cc2)ccc1OCCN1C2CCC1CC2. The van der Waals surface area contributed by atoms with Crippen LogP contribution in [0, 0.1) is 0 Å². The molecule has 2 fully saturated rings. The molecule has 1 aromatic heterocycles. The zero-order chi connectivity index (χ0) is 24.4. The molecule has 0 aliphatic carbocycles. The lowest BCUT2D eigenvalue weighted by molar-refractivity contribution is 0.194. The van der Waals surface area contributed by atoms with E-state index in [2.05, 4.69) is 36.6 Å². The number of urea groups is 1. The molecule has 2 saturated heterocycles. The average Bonchev–Trinajstić information content (AvgIpc) is 3.53. The smallest absolute Gasteiger partial charge is 0.319 e. The summed E-state index contributed by atoms with van der Waals surface area (Å²) in [5, 5.41) is 10.8. The molecular weight excluding hydrogens is 530 g/mol. The fourth-order valence-corrected chi connectivity index (χ4v) is 5.93. The highest BCUT2D eigenvalue weighted by atomic mass is 79.9. The molecule has 2 amide bonds. The third-order valence-corrected chi connectivity index (χ3v) is 7.80. The molecule has 2 aliphatic heterocycles. The van der Waals surface area contributed by atoms with Crippen molar-refractivity contribution in [2.75, 3.05) is 18.5 Å². The van der Waals surface area contributed by atoms with Crippen molar-refractivity contribution in [3.8, 4) is 17.0 Å². The fraction of sp³-hybridized carbons (Fsp3) is 0.385. The lowest BCUT2D eigenvalue weighted by atomic mass is 10.0. The predicted octanol–water partition coefficient (Wildman–Crippen LogP) is 5.83. The van der Waals surface area contributed by atoms with Crippen LogP contribution in [0.15, 0.2) is 53.1 Å². The van der Waals surface area contributed by atoms with Crippen LogP contribution in [0.25, 0.3) is 11.3 Å². The second kappa shape index (κ2) is 10.6. The van der Waals surface area contributed by atoms with Crippen LogP contribution in [0.2, 0.25) is 5.02 Å². The number of anilines is 1. The number of nitrogens with zero attached hydrogens (tertiary/aromatic N) is 3. The van der Waals surface area contributed by atoms with Crippen molar-refractivity contribution in [2.24, 2.45) is 7.05 Å². The van der Waals surface area contributed by atoms with Gasteiger partial charge in [0, 0.05) is 48.5 Å². The van der Waals surface area contributed by atoms with Crippen molar-refractivity contribution in [3.05, 3.63) is 63.7 Å². The largest absolute Gasteiger partial charge is 0.492 e. The van der Waals surface area contributed by atoms with Crippen LogP contribution < -0.4 is 15.4 Å². The first-order chi connectivity index (χ1) is 17.0. The molecule has 0 radical (unpaired) electrons. The highest BCUT2D eigenvalue weighted by molar-refractivity contribution is 9.10. The first-order valence-electron chi connectivity index (χ1n) is 12.0. The van der Waals surface area contributed by atoms with E-state index in [1.807, 2.05) is 49.5 Å². The number of hydrogen-bond acceptors (Lipinski definition) is 4. The number of nitrogens with one attached hydrogen (secondary N) is 2. The average molecular weight is 559 g/mol. The Bertz CT molecular complexity index is 1160. The van der Waals surface area contributed by atoms with Crippen LogP contribution in [0.5, 0.6) is 5.75 Å². The summed E-state index contributed by atoms with van der Waals surface area (Å²) in [6.07, 6.45) is 7.04. The number of benzene rings is 2. The van der Waals surface area contributed by atoms with Crippen molar-refractivity contribution in [1.82, 2.24) is 20.0 Å². The first-order valence-corrected chi connectivity index (χ1v) is 13.1. The van der Waals surface area contributed by atoms with Gasteiger partial charge in [0.05, 0.1) is 16.4 Å². The Morgan fingerprint density at radius 1 is 1.14 bits per heavy atom. The van der Waals surface area contributed by atoms with Gasteiger partial charge in [-0.15, -0.1) is 0 Å². The number of halogens is 2. The third kappa shape index (κ3) is 5.50. The molecule has 2 N–H and O–H groups in total. The lowest BCUT2D eigenvalue weighted by Crippen LogP contribution is -2.32. The van der Waals surface area contributed by atoms with Gasteiger partial charge in [-0.1, -0.05) is 23.7 Å². The Morgan fingerprint density at radius 2 is 1.86 bits per heavy atom. The normalized spacial score (nSPS) is 19.2. The van der Waals surface area contributed by atoms with Gasteiger partial charge in [0.15, 0.2) is 0 Å². The molecule has 35 heavy (non-hydrogen) atoms. The highest BCUT2D eigenvalue weighted by Crippen LogP contribution is 2.38. The Morgan fingerprint density at radius 3 is 2.51 bits per heavy atom. The van der Waals surface area contributed by atoms with Gasteiger partial charge in [0.25, 0.3) is 0 Å². The molecule has 0 unspecified atom stereocenters. The van der Waals surface area contributed by atoms with E-state index in [0.717, 1.165) is 45.7 Å². The highest BCUT2D eigenvalue weighted by Gasteiger charge is 2.38. The van der Waals surface area contributed by atoms with Crippen LogP contribution in [-0.2, 0) is 13.6 Å². The first kappa shape index (κ1) is 24.2. The van der Waals surface area contributed by atoms with Crippen LogP contribution >= 0.6 is 27.5 Å². The molecule has 7 nitrogen and oxygen atoms in total. The quantitative estimate of drug-likeness (QED) is 0.365. The monoisotopic (exact) mass is 557 g/mol. The van der Waals surface area contributed by atoms with E-state index in [1.165, 1.54) is 25.7 Å². The van der Waals surface area contributed by atoms with Gasteiger partial charge in [-0.3, -0.25) is 9.58 Å². The van der Waals surface area contributed by atoms with Crippen molar-refractivity contribution in [2.45, 2.75) is 44.3 Å². The number of hydrogen-bond donors (Lipinski definition) is 2. The van der Waals surface area contributed by atoms with Gasteiger partial charge in [-0.25, -0.2) is 4.79 Å². The molecule has 2 aromatic carbocycles. The summed E-state index contributed by atoms with van der Waals surface area (Å²) in [7, 11) is 1.89. The number of carbonyl (C=O) groups is 1. The van der Waals surface area contributed by atoms with Crippen LogP contribution in [0.3, 0.4) is 0 Å². The number of aryl methyl sites for hydroxylation is 1. The lowest BCUT2D eigenvalue weighted by Gasteiger charge is -2.22. The molecule has 2 aliphatic rings. The fourth-order valence-electron chi connectivity index (χ4n) is 5.24. The number of amides is 2. The molecule has 0 spiro atoms. The Balaban J connectivity index is 1.27. The minimum atomic E-state index is -0.284. The summed E-state index contributed by atoms with van der Waals surface area (Å²) >= 11 is 9.54. The van der Waals surface area contributed by atoms with Gasteiger partial charge < -0.3 is 15.4 Å². The third-order valence-electron chi connectivity index (χ3n) is 6.96. The minimum absolute atomic E-state index is 0.284. The Kier molecular flexibility index (Phi) is 7.32. The second-order valence-corrected chi connectivity index (χ2v) is 10.4. The second-order valence-electron chi connectivity index (χ2n) is 9.16. The van der Waals surface area contributed by atoms with Crippen molar-refractivity contribution < 1.29 is 9.53 Å². The van der Waals surface area contributed by atoms with E-state index in [-0.39, 0.29) is 6.03 Å². The number of carbonyl (C=O) groups excluding carboxylic acids is 1. The van der Waals surface area contributed by atoms with Crippen LogP contribution in [0.1, 0.15) is 31.2 Å². The summed E-state index contributed by atoms with van der Waals surface area (Å²) in [4.78, 5) is 15.2. The van der Waals surface area contributed by atoms with Crippen LogP contribution in [-0.4, -0.2) is 45.9 Å². The topological polar surface area (TPSA) is 71.4 Å². The van der Waals surface area contributed by atoms with Crippen LogP contribution in [0.4, 0.5) is 10.5 Å². The van der Waals surface area contributed by atoms with Crippen molar-refractivity contribution in [1.29, 1.82) is 0 Å². The maximum atomic E-state index is 12.5. The molecule has 9 heteroatoms. The minimum Gasteiger partial charge on any atom is -0.492 e. The molecule has 2 bridgehead atoms. The van der Waals surface area contributed by atoms with Gasteiger partial charge >= 0.3 is 6.03 Å². The number of rotatable bonds is 8. The number of ether oxygens (including phenoxy) is 1. The summed E-state index contributed by atoms with van der Waals surface area (Å²) in [5.74, 6) is 0.771. The molecule has 3 aromatic rings. The van der Waals surface area contributed by atoms with E-state index < -0.39 is 0 Å². The molecule has 5 rings (SSSR count). The molecule has 3 heterocycles. The van der Waals surface area contributed by atoms with E-state index in [1.54, 1.807) is 10.9 Å². The van der Waals surface area contributed by atoms with E-state index >= 15 is 0 Å². The maximum Gasteiger partial charge on any atom is 0.319 e. The maximum absolute atomic E-state index is 12.5. The zero-order valence-electron chi connectivity index (χ0n) is 19.6. The van der Waals surface area contributed by atoms with E-state index in [0.29, 0.717) is 23.9 Å². The van der Waals surface area contributed by atoms with E-state index in [9.17, 15) is 4.79 Å².